The molecule has 1 aromatic heterocycles. The fourth-order valence-electron chi connectivity index (χ4n) is 4.84. The van der Waals surface area contributed by atoms with Crippen molar-refractivity contribution in [3.05, 3.63) is 101 Å². The third-order valence-electron chi connectivity index (χ3n) is 6.86. The van der Waals surface area contributed by atoms with Crippen molar-refractivity contribution in [3.63, 3.8) is 0 Å². The van der Waals surface area contributed by atoms with E-state index < -0.39 is 0 Å². The molecule has 1 atom stereocenters. The zero-order valence-electron chi connectivity index (χ0n) is 22.8. The second-order valence-corrected chi connectivity index (χ2v) is 11.1. The smallest absolute Gasteiger partial charge is 0.240 e. The van der Waals surface area contributed by atoms with E-state index in [1.807, 2.05) is 61.5 Å². The summed E-state index contributed by atoms with van der Waals surface area (Å²) in [6, 6.07) is 24.0. The number of aryl methyl sites for hydroxylation is 1. The summed E-state index contributed by atoms with van der Waals surface area (Å²) in [4.78, 5) is 30.4. The van der Waals surface area contributed by atoms with Crippen LogP contribution < -0.4 is 10.2 Å². The molecular formula is C31H32FN5O2S. The summed E-state index contributed by atoms with van der Waals surface area (Å²) in [7, 11) is 3.87. The normalized spacial score (nSPS) is 15.2. The Hall–Kier alpha value is -3.95. The number of nitrogens with one attached hydrogen (secondary N) is 1. The molecule has 0 unspecified atom stereocenters. The molecule has 7 nitrogen and oxygen atoms in total. The van der Waals surface area contributed by atoms with Crippen molar-refractivity contribution in [1.29, 1.82) is 0 Å². The van der Waals surface area contributed by atoms with E-state index in [0.29, 0.717) is 30.3 Å². The van der Waals surface area contributed by atoms with E-state index in [1.165, 1.54) is 28.8 Å². The fourth-order valence-corrected chi connectivity index (χ4v) is 6.13. The van der Waals surface area contributed by atoms with Gasteiger partial charge in [0.15, 0.2) is 0 Å². The predicted octanol–water partition coefficient (Wildman–Crippen LogP) is 4.83. The Morgan fingerprint density at radius 1 is 1.05 bits per heavy atom. The molecule has 0 saturated heterocycles. The minimum Gasteiger partial charge on any atom is -0.353 e. The van der Waals surface area contributed by atoms with E-state index in [9.17, 15) is 14.0 Å². The van der Waals surface area contributed by atoms with E-state index in [1.54, 1.807) is 16.8 Å². The van der Waals surface area contributed by atoms with Gasteiger partial charge < -0.3 is 10.2 Å². The number of carbonyl (C=O) groups is 2. The van der Waals surface area contributed by atoms with Crippen LogP contribution in [-0.2, 0) is 9.59 Å². The van der Waals surface area contributed by atoms with Crippen molar-refractivity contribution >= 4 is 29.4 Å². The monoisotopic (exact) mass is 557 g/mol. The van der Waals surface area contributed by atoms with E-state index in [2.05, 4.69) is 24.4 Å². The highest BCUT2D eigenvalue weighted by Crippen LogP contribution is 2.49. The van der Waals surface area contributed by atoms with Crippen LogP contribution in [0.5, 0.6) is 0 Å². The first-order valence-electron chi connectivity index (χ1n) is 13.2. The van der Waals surface area contributed by atoms with Crippen LogP contribution in [-0.4, -0.2) is 66.0 Å². The molecular weight excluding hydrogens is 525 g/mol. The molecule has 206 valence electrons. The summed E-state index contributed by atoms with van der Waals surface area (Å²) in [6.07, 6.45) is 0. The average molecular weight is 558 g/mol. The lowest BCUT2D eigenvalue weighted by Gasteiger charge is -2.23. The van der Waals surface area contributed by atoms with Gasteiger partial charge >= 0.3 is 0 Å². The minimum absolute atomic E-state index is 0.151. The summed E-state index contributed by atoms with van der Waals surface area (Å²) in [6.45, 7) is 3.06. The Morgan fingerprint density at radius 3 is 2.45 bits per heavy atom. The largest absolute Gasteiger partial charge is 0.353 e. The summed E-state index contributed by atoms with van der Waals surface area (Å²) in [5, 5.41) is 7.75. The number of fused-ring (bicyclic) bond motifs is 1. The van der Waals surface area contributed by atoms with Gasteiger partial charge in [-0.3, -0.25) is 14.5 Å². The Kier molecular flexibility index (Phi) is 8.32. The maximum Gasteiger partial charge on any atom is 0.240 e. The molecule has 0 radical (unpaired) electrons. The first kappa shape index (κ1) is 27.6. The van der Waals surface area contributed by atoms with Crippen molar-refractivity contribution in [2.24, 2.45) is 0 Å². The third kappa shape index (κ3) is 5.80. The van der Waals surface area contributed by atoms with Crippen molar-refractivity contribution in [1.82, 2.24) is 20.0 Å². The molecule has 0 spiro atoms. The molecule has 1 aliphatic heterocycles. The molecule has 5 rings (SSSR count). The number of rotatable bonds is 8. The highest BCUT2D eigenvalue weighted by atomic mass is 32.2. The Balaban J connectivity index is 1.73. The third-order valence-corrected chi connectivity index (χ3v) is 8.10. The number of anilines is 1. The number of hydrogen-bond donors (Lipinski definition) is 1. The van der Waals surface area contributed by atoms with Crippen LogP contribution in [0.4, 0.5) is 10.2 Å². The Bertz CT molecular complexity index is 1500. The molecule has 9 heteroatoms. The van der Waals surface area contributed by atoms with Crippen LogP contribution in [0.25, 0.3) is 16.9 Å². The SMILES string of the molecule is Cc1ccccc1[C@@H]1SCC(=O)N(CC(=O)NCCN(C)C)c2c1c(-c1ccccc1)nn2-c1ccc(F)cc1. The quantitative estimate of drug-likeness (QED) is 0.336. The summed E-state index contributed by atoms with van der Waals surface area (Å²) in [5.74, 6) is -0.0964. The molecule has 1 N–H and O–H groups in total. The molecule has 0 bridgehead atoms. The summed E-state index contributed by atoms with van der Waals surface area (Å²) in [5.41, 5.74) is 5.23. The predicted molar refractivity (Wildman–Crippen MR) is 158 cm³/mol. The number of halogens is 1. The van der Waals surface area contributed by atoms with Crippen LogP contribution in [0.15, 0.2) is 78.9 Å². The van der Waals surface area contributed by atoms with Gasteiger partial charge in [0.25, 0.3) is 0 Å². The number of thioether (sulfide) groups is 1. The van der Waals surface area contributed by atoms with Gasteiger partial charge in [0.05, 0.1) is 22.4 Å². The molecule has 1 aliphatic rings. The molecule has 3 aromatic carbocycles. The average Bonchev–Trinajstić information content (AvgIpc) is 3.27. The summed E-state index contributed by atoms with van der Waals surface area (Å²) < 4.78 is 15.6. The first-order chi connectivity index (χ1) is 19.3. The van der Waals surface area contributed by atoms with E-state index in [-0.39, 0.29) is 35.2 Å². The Morgan fingerprint density at radius 2 is 1.75 bits per heavy atom. The van der Waals surface area contributed by atoms with E-state index in [0.717, 1.165) is 22.3 Å². The second-order valence-electron chi connectivity index (χ2n) is 10.0. The van der Waals surface area contributed by atoms with Gasteiger partial charge in [-0.1, -0.05) is 54.6 Å². The number of likely N-dealkylation sites (N-methyl/N-ethyl adjacent to an activating group) is 1. The van der Waals surface area contributed by atoms with Crippen molar-refractivity contribution in [3.8, 4) is 16.9 Å². The van der Waals surface area contributed by atoms with Gasteiger partial charge in [-0.2, -0.15) is 5.10 Å². The minimum atomic E-state index is -0.369. The van der Waals surface area contributed by atoms with Gasteiger partial charge in [0, 0.05) is 24.2 Å². The lowest BCUT2D eigenvalue weighted by molar-refractivity contribution is -0.122. The molecule has 40 heavy (non-hydrogen) atoms. The molecule has 4 aromatic rings. The van der Waals surface area contributed by atoms with Gasteiger partial charge in [0.1, 0.15) is 18.2 Å². The molecule has 2 amide bonds. The topological polar surface area (TPSA) is 70.5 Å². The number of carbonyl (C=O) groups excluding carboxylic acids is 2. The highest BCUT2D eigenvalue weighted by Gasteiger charge is 2.38. The lowest BCUT2D eigenvalue weighted by atomic mass is 9.97. The molecule has 0 saturated carbocycles. The Labute approximate surface area is 238 Å². The lowest BCUT2D eigenvalue weighted by Crippen LogP contribution is -2.43. The highest BCUT2D eigenvalue weighted by molar-refractivity contribution is 8.00. The molecule has 0 aliphatic carbocycles. The number of amides is 2. The fraction of sp³-hybridized carbons (Fsp3) is 0.258. The van der Waals surface area contributed by atoms with E-state index >= 15 is 0 Å². The van der Waals surface area contributed by atoms with Gasteiger partial charge in [-0.15, -0.1) is 11.8 Å². The summed E-state index contributed by atoms with van der Waals surface area (Å²) >= 11 is 1.53. The zero-order chi connectivity index (χ0) is 28.2. The number of aromatic nitrogens is 2. The van der Waals surface area contributed by atoms with Crippen LogP contribution in [0, 0.1) is 12.7 Å². The zero-order valence-corrected chi connectivity index (χ0v) is 23.6. The van der Waals surface area contributed by atoms with Crippen molar-refractivity contribution in [2.75, 3.05) is 44.4 Å². The van der Waals surface area contributed by atoms with Crippen molar-refractivity contribution in [2.45, 2.75) is 12.2 Å². The van der Waals surface area contributed by atoms with Gasteiger partial charge in [0.2, 0.25) is 11.8 Å². The number of benzene rings is 3. The van der Waals surface area contributed by atoms with Crippen LogP contribution in [0.3, 0.4) is 0 Å². The number of hydrogen-bond acceptors (Lipinski definition) is 5. The maximum absolute atomic E-state index is 13.9. The van der Waals surface area contributed by atoms with Gasteiger partial charge in [-0.05, 0) is 56.4 Å². The van der Waals surface area contributed by atoms with Crippen LogP contribution in [0.2, 0.25) is 0 Å². The van der Waals surface area contributed by atoms with Crippen LogP contribution in [0.1, 0.15) is 21.9 Å². The second kappa shape index (κ2) is 12.1. The first-order valence-corrected chi connectivity index (χ1v) is 14.2. The van der Waals surface area contributed by atoms with E-state index in [4.69, 9.17) is 5.10 Å². The molecule has 2 heterocycles. The van der Waals surface area contributed by atoms with Gasteiger partial charge in [-0.25, -0.2) is 9.07 Å². The maximum atomic E-state index is 13.9. The molecule has 0 fully saturated rings. The standard InChI is InChI=1S/C31H32FN5O2S/c1-21-9-7-8-12-25(21)30-28-29(22-10-5-4-6-11-22)34-37(24-15-13-23(32)14-16-24)31(28)36(27(39)20-40-30)19-26(38)33-17-18-35(2)3/h4-16,30H,17-20H2,1-3H3,(H,33,38)/t30-/m0/s1. The van der Waals surface area contributed by atoms with Crippen LogP contribution >= 0.6 is 11.8 Å². The number of nitrogens with zero attached hydrogens (tertiary/aromatic N) is 4. The van der Waals surface area contributed by atoms with Crippen molar-refractivity contribution < 1.29 is 14.0 Å².